The second-order valence-electron chi connectivity index (χ2n) is 9.34. The van der Waals surface area contributed by atoms with Crippen LogP contribution in [0.2, 0.25) is 0 Å². The molecular weight excluding hydrogens is 422 g/mol. The summed E-state index contributed by atoms with van der Waals surface area (Å²) in [5, 5.41) is 12.1. The van der Waals surface area contributed by atoms with Crippen LogP contribution in [0.3, 0.4) is 0 Å². The Morgan fingerprint density at radius 1 is 0.793 bits per heavy atom. The lowest BCUT2D eigenvalue weighted by Crippen LogP contribution is -2.35. The largest absolute Gasteiger partial charge is 0.396 e. The summed E-state index contributed by atoms with van der Waals surface area (Å²) in [5.74, 6) is 0.697. The highest BCUT2D eigenvalue weighted by atomic mass is 79.9. The number of halogens is 1. The Hall–Kier alpha value is 0.400. The van der Waals surface area contributed by atoms with Crippen LogP contribution >= 0.6 is 15.9 Å². The second-order valence-corrected chi connectivity index (χ2v) is 10.9. The van der Waals surface area contributed by atoms with Gasteiger partial charge in [-0.15, -0.1) is 0 Å². The van der Waals surface area contributed by atoms with Crippen molar-refractivity contribution in [3.63, 3.8) is 0 Å². The maximum atomic E-state index is 9.32. The van der Waals surface area contributed by atoms with E-state index in [0.717, 1.165) is 6.42 Å². The zero-order chi connectivity index (χ0) is 21.6. The van der Waals surface area contributed by atoms with Crippen LogP contribution in [0, 0.1) is 5.92 Å². The Morgan fingerprint density at radius 2 is 1.24 bits per heavy atom. The van der Waals surface area contributed by atoms with Crippen molar-refractivity contribution in [2.75, 3.05) is 20.7 Å². The summed E-state index contributed by atoms with van der Waals surface area (Å²) in [6.07, 6.45) is 27.7. The quantitative estimate of drug-likeness (QED) is 0.163. The van der Waals surface area contributed by atoms with Gasteiger partial charge in [0, 0.05) is 10.9 Å². The van der Waals surface area contributed by atoms with Gasteiger partial charge in [0.05, 0.1) is 0 Å². The zero-order valence-electron chi connectivity index (χ0n) is 20.3. The van der Waals surface area contributed by atoms with Gasteiger partial charge in [-0.2, -0.15) is 0 Å². The third kappa shape index (κ3) is 16.7. The molecule has 1 aliphatic carbocycles. The Bertz CT molecular complexity index is 324. The van der Waals surface area contributed by atoms with E-state index in [4.69, 9.17) is 0 Å². The number of nitrogens with one attached hydrogen (secondary N) is 1. The molecule has 2 unspecified atom stereocenters. The van der Waals surface area contributed by atoms with E-state index >= 15 is 0 Å². The monoisotopic (exact) mass is 475 g/mol. The number of alkyl halides is 1. The molecule has 176 valence electrons. The fraction of sp³-hybridized carbons (Fsp3) is 1.00. The summed E-state index contributed by atoms with van der Waals surface area (Å²) in [5.41, 5.74) is 0. The average Bonchev–Trinajstić information content (AvgIpc) is 2.71. The minimum atomic E-state index is 0.338. The lowest BCUT2D eigenvalue weighted by atomic mass is 9.75. The molecule has 29 heavy (non-hydrogen) atoms. The van der Waals surface area contributed by atoms with Gasteiger partial charge >= 0.3 is 0 Å². The van der Waals surface area contributed by atoms with Crippen molar-refractivity contribution >= 4 is 15.9 Å². The minimum Gasteiger partial charge on any atom is -0.396 e. The smallest absolute Gasteiger partial charge is 0.0434 e. The predicted octanol–water partition coefficient (Wildman–Crippen LogP) is 8.40. The van der Waals surface area contributed by atoms with Crippen molar-refractivity contribution < 1.29 is 5.11 Å². The van der Waals surface area contributed by atoms with Gasteiger partial charge in [0.15, 0.2) is 0 Å². The first kappa shape index (κ1) is 29.4. The van der Waals surface area contributed by atoms with Crippen molar-refractivity contribution in [2.45, 2.75) is 140 Å². The lowest BCUT2D eigenvalue weighted by molar-refractivity contribution is 0.191. The van der Waals surface area contributed by atoms with Crippen LogP contribution in [0.1, 0.15) is 135 Å². The second kappa shape index (κ2) is 21.6. The Labute approximate surface area is 192 Å². The Kier molecular flexibility index (Phi) is 21.9. The third-order valence-corrected chi connectivity index (χ3v) is 7.99. The molecular formula is C26H54BrNO. The fourth-order valence-corrected chi connectivity index (χ4v) is 5.79. The van der Waals surface area contributed by atoms with Gasteiger partial charge in [0.25, 0.3) is 0 Å². The van der Waals surface area contributed by atoms with Crippen LogP contribution in [0.15, 0.2) is 0 Å². The molecule has 0 bridgehead atoms. The molecule has 0 radical (unpaired) electrons. The number of rotatable bonds is 17. The van der Waals surface area contributed by atoms with Gasteiger partial charge in [-0.05, 0) is 45.7 Å². The first-order valence-corrected chi connectivity index (χ1v) is 13.8. The third-order valence-electron chi connectivity index (χ3n) is 6.55. The highest BCUT2D eigenvalue weighted by Gasteiger charge is 2.37. The number of hydrogen-bond acceptors (Lipinski definition) is 2. The molecule has 0 aromatic rings. The standard InChI is InChI=1S/C24H47BrO.C2H7N/c1-2-3-4-5-6-7-8-9-10-11-12-13-14-16-20-24(25)21-17-15-18-23(24)19-22-26;1-3-2/h23,26H,2-22H2,1H3;3H,1-2H3. The molecule has 0 spiro atoms. The molecule has 1 rings (SSSR count). The van der Waals surface area contributed by atoms with Crippen LogP contribution in [0.4, 0.5) is 0 Å². The van der Waals surface area contributed by atoms with Crippen LogP contribution in [-0.4, -0.2) is 30.1 Å². The molecule has 1 fully saturated rings. The van der Waals surface area contributed by atoms with Gasteiger partial charge < -0.3 is 10.4 Å². The average molecular weight is 477 g/mol. The molecule has 0 amide bonds. The molecule has 0 aromatic heterocycles. The summed E-state index contributed by atoms with van der Waals surface area (Å²) in [6, 6.07) is 0. The highest BCUT2D eigenvalue weighted by molar-refractivity contribution is 9.10. The Balaban J connectivity index is 0.00000245. The maximum Gasteiger partial charge on any atom is 0.0434 e. The van der Waals surface area contributed by atoms with Gasteiger partial charge in [-0.3, -0.25) is 0 Å². The van der Waals surface area contributed by atoms with E-state index in [1.165, 1.54) is 122 Å². The van der Waals surface area contributed by atoms with E-state index in [2.05, 4.69) is 28.2 Å². The van der Waals surface area contributed by atoms with E-state index < -0.39 is 0 Å². The van der Waals surface area contributed by atoms with Crippen molar-refractivity contribution in [2.24, 2.45) is 5.92 Å². The van der Waals surface area contributed by atoms with Gasteiger partial charge in [0.2, 0.25) is 0 Å². The summed E-state index contributed by atoms with van der Waals surface area (Å²) in [7, 11) is 3.75. The molecule has 1 aliphatic rings. The number of unbranched alkanes of at least 4 members (excludes halogenated alkanes) is 13. The minimum absolute atomic E-state index is 0.338. The molecule has 0 aliphatic heterocycles. The molecule has 3 heteroatoms. The summed E-state index contributed by atoms with van der Waals surface area (Å²) in [4.78, 5) is 0. The first-order valence-electron chi connectivity index (χ1n) is 13.0. The molecule has 2 atom stereocenters. The summed E-state index contributed by atoms with van der Waals surface area (Å²) < 4.78 is 0.338. The predicted molar refractivity (Wildman–Crippen MR) is 135 cm³/mol. The van der Waals surface area contributed by atoms with Gasteiger partial charge in [-0.25, -0.2) is 0 Å². The molecule has 2 nitrogen and oxygen atoms in total. The lowest BCUT2D eigenvalue weighted by Gasteiger charge is -2.40. The van der Waals surface area contributed by atoms with Crippen LogP contribution < -0.4 is 5.32 Å². The molecule has 0 saturated heterocycles. The van der Waals surface area contributed by atoms with Crippen molar-refractivity contribution in [1.29, 1.82) is 0 Å². The number of aliphatic hydroxyl groups is 1. The molecule has 2 N–H and O–H groups in total. The van der Waals surface area contributed by atoms with E-state index in [1.54, 1.807) is 0 Å². The summed E-state index contributed by atoms with van der Waals surface area (Å²) >= 11 is 4.09. The molecule has 1 saturated carbocycles. The first-order chi connectivity index (χ1) is 14.1. The number of aliphatic hydroxyl groups excluding tert-OH is 1. The fourth-order valence-electron chi connectivity index (χ4n) is 4.77. The normalized spacial score (nSPS) is 21.6. The van der Waals surface area contributed by atoms with E-state index in [9.17, 15) is 5.11 Å². The maximum absolute atomic E-state index is 9.32. The topological polar surface area (TPSA) is 32.3 Å². The van der Waals surface area contributed by atoms with Crippen LogP contribution in [-0.2, 0) is 0 Å². The van der Waals surface area contributed by atoms with Crippen molar-refractivity contribution in [3.05, 3.63) is 0 Å². The van der Waals surface area contributed by atoms with Crippen molar-refractivity contribution in [1.82, 2.24) is 5.32 Å². The van der Waals surface area contributed by atoms with Crippen LogP contribution in [0.25, 0.3) is 0 Å². The van der Waals surface area contributed by atoms with E-state index in [-0.39, 0.29) is 0 Å². The van der Waals surface area contributed by atoms with Gasteiger partial charge in [-0.1, -0.05) is 126 Å². The van der Waals surface area contributed by atoms with Gasteiger partial charge in [0.1, 0.15) is 0 Å². The van der Waals surface area contributed by atoms with E-state index in [0.29, 0.717) is 16.8 Å². The van der Waals surface area contributed by atoms with Crippen LogP contribution in [0.5, 0.6) is 0 Å². The molecule has 0 heterocycles. The SMILES string of the molecule is CCCCCCCCCCCCCCCCC1(Br)CCCCC1CCO.CNC. The Morgan fingerprint density at radius 3 is 1.69 bits per heavy atom. The molecule has 0 aromatic carbocycles. The zero-order valence-corrected chi connectivity index (χ0v) is 21.8. The highest BCUT2D eigenvalue weighted by Crippen LogP contribution is 2.45. The summed E-state index contributed by atoms with van der Waals surface area (Å²) in [6.45, 7) is 2.65. The van der Waals surface area contributed by atoms with E-state index in [1.807, 2.05) is 14.1 Å². The number of hydrogen-bond donors (Lipinski definition) is 2. The van der Waals surface area contributed by atoms with Crippen molar-refractivity contribution in [3.8, 4) is 0 Å².